The minimum absolute atomic E-state index is 0.0349. The van der Waals surface area contributed by atoms with Gasteiger partial charge >= 0.3 is 6.09 Å². The molecular formula is C20H34N2O6S. The van der Waals surface area contributed by atoms with Crippen LogP contribution in [-0.2, 0) is 24.3 Å². The molecule has 2 heterocycles. The molecule has 1 spiro atoms. The van der Waals surface area contributed by atoms with Gasteiger partial charge in [-0.15, -0.1) is 0 Å². The summed E-state index contributed by atoms with van der Waals surface area (Å²) in [5.74, 6) is 0.369. The predicted molar refractivity (Wildman–Crippen MR) is 108 cm³/mol. The number of carbonyl (C=O) groups excluding carboxylic acids is 2. The first kappa shape index (κ1) is 22.5. The molecule has 0 aromatic rings. The Morgan fingerprint density at radius 3 is 2.48 bits per heavy atom. The number of sulfonamides is 1. The molecule has 1 amide bonds. The Morgan fingerprint density at radius 1 is 1.21 bits per heavy atom. The van der Waals surface area contributed by atoms with Crippen LogP contribution in [0.4, 0.5) is 4.79 Å². The first-order valence-electron chi connectivity index (χ1n) is 10.6. The zero-order valence-electron chi connectivity index (χ0n) is 17.7. The van der Waals surface area contributed by atoms with Crippen molar-refractivity contribution in [3.05, 3.63) is 0 Å². The quantitative estimate of drug-likeness (QED) is 0.737. The van der Waals surface area contributed by atoms with Crippen LogP contribution in [-0.4, -0.2) is 67.4 Å². The Hall–Kier alpha value is -1.19. The number of amides is 1. The smallest absolute Gasteiger partial charge is 0.410 e. The number of hydrogen-bond acceptors (Lipinski definition) is 6. The van der Waals surface area contributed by atoms with Gasteiger partial charge < -0.3 is 14.4 Å². The molecule has 0 aromatic carbocycles. The Balaban J connectivity index is 1.80. The van der Waals surface area contributed by atoms with Crippen molar-refractivity contribution in [2.75, 3.05) is 18.9 Å². The second kappa shape index (κ2) is 8.51. The molecule has 2 aliphatic heterocycles. The van der Waals surface area contributed by atoms with E-state index in [2.05, 4.69) is 4.72 Å². The molecule has 166 valence electrons. The lowest BCUT2D eigenvalue weighted by atomic mass is 9.78. The van der Waals surface area contributed by atoms with Crippen LogP contribution in [0.15, 0.2) is 0 Å². The lowest BCUT2D eigenvalue weighted by Crippen LogP contribution is -2.69. The third-order valence-electron chi connectivity index (χ3n) is 6.04. The van der Waals surface area contributed by atoms with Gasteiger partial charge in [-0.2, -0.15) is 0 Å². The van der Waals surface area contributed by atoms with Gasteiger partial charge in [-0.25, -0.2) is 17.9 Å². The van der Waals surface area contributed by atoms with E-state index in [1.165, 1.54) is 0 Å². The highest BCUT2D eigenvalue weighted by atomic mass is 32.2. The predicted octanol–water partition coefficient (Wildman–Crippen LogP) is 2.37. The number of nitrogens with one attached hydrogen (secondary N) is 1. The van der Waals surface area contributed by atoms with Crippen molar-refractivity contribution in [2.45, 2.75) is 95.4 Å². The van der Waals surface area contributed by atoms with E-state index in [0.29, 0.717) is 57.9 Å². The first-order valence-corrected chi connectivity index (χ1v) is 12.3. The van der Waals surface area contributed by atoms with Crippen molar-refractivity contribution in [3.63, 3.8) is 0 Å². The van der Waals surface area contributed by atoms with Gasteiger partial charge in [0, 0.05) is 19.4 Å². The molecule has 29 heavy (non-hydrogen) atoms. The van der Waals surface area contributed by atoms with E-state index < -0.39 is 33.3 Å². The second-order valence-electron chi connectivity index (χ2n) is 9.55. The van der Waals surface area contributed by atoms with E-state index >= 15 is 0 Å². The summed E-state index contributed by atoms with van der Waals surface area (Å²) in [6.45, 7) is 6.20. The van der Waals surface area contributed by atoms with Gasteiger partial charge in [0.2, 0.25) is 10.0 Å². The third-order valence-corrected chi connectivity index (χ3v) is 7.58. The van der Waals surface area contributed by atoms with Crippen LogP contribution in [0.2, 0.25) is 0 Å². The average Bonchev–Trinajstić information content (AvgIpc) is 2.59. The number of ether oxygens (including phenoxy) is 2. The molecule has 3 aliphatic rings. The van der Waals surface area contributed by atoms with E-state index in [-0.39, 0.29) is 24.2 Å². The minimum atomic E-state index is -3.39. The summed E-state index contributed by atoms with van der Waals surface area (Å²) < 4.78 is 39.4. The fraction of sp³-hybridized carbons (Fsp3) is 0.900. The molecule has 0 aromatic heterocycles. The average molecular weight is 431 g/mol. The SMILES string of the molecule is CC(C)(C)OC(=O)N1CCCC2(CCCS(=O)(=O)N2)C1COC1CCC(=O)CC1. The van der Waals surface area contributed by atoms with Crippen LogP contribution in [0.3, 0.4) is 0 Å². The zero-order chi connectivity index (χ0) is 21.3. The van der Waals surface area contributed by atoms with Crippen molar-refractivity contribution < 1.29 is 27.5 Å². The highest BCUT2D eigenvalue weighted by Crippen LogP contribution is 2.37. The Bertz CT molecular complexity index is 718. The summed E-state index contributed by atoms with van der Waals surface area (Å²) in [6, 6.07) is -0.432. The monoisotopic (exact) mass is 430 g/mol. The number of piperidine rings is 1. The molecule has 9 heteroatoms. The Morgan fingerprint density at radius 2 is 1.86 bits per heavy atom. The largest absolute Gasteiger partial charge is 0.444 e. The summed E-state index contributed by atoms with van der Waals surface area (Å²) in [6.07, 6.45) is 4.52. The summed E-state index contributed by atoms with van der Waals surface area (Å²) >= 11 is 0. The van der Waals surface area contributed by atoms with Crippen LogP contribution < -0.4 is 4.72 Å². The van der Waals surface area contributed by atoms with Crippen LogP contribution in [0.25, 0.3) is 0 Å². The fourth-order valence-electron chi connectivity index (χ4n) is 4.68. The molecule has 0 bridgehead atoms. The number of nitrogens with zero attached hydrogens (tertiary/aromatic N) is 1. The minimum Gasteiger partial charge on any atom is -0.444 e. The van der Waals surface area contributed by atoms with E-state index in [1.807, 2.05) is 20.8 Å². The second-order valence-corrected chi connectivity index (χ2v) is 11.4. The lowest BCUT2D eigenvalue weighted by Gasteiger charge is -2.51. The Kier molecular flexibility index (Phi) is 6.60. The van der Waals surface area contributed by atoms with E-state index in [4.69, 9.17) is 9.47 Å². The van der Waals surface area contributed by atoms with Gasteiger partial charge in [-0.1, -0.05) is 0 Å². The number of hydrogen-bond donors (Lipinski definition) is 1. The van der Waals surface area contributed by atoms with Crippen molar-refractivity contribution >= 4 is 21.9 Å². The van der Waals surface area contributed by atoms with Crippen molar-refractivity contribution in [1.82, 2.24) is 9.62 Å². The van der Waals surface area contributed by atoms with Gasteiger partial charge in [0.1, 0.15) is 11.4 Å². The summed E-state index contributed by atoms with van der Waals surface area (Å²) in [5, 5.41) is 0. The number of carbonyl (C=O) groups is 2. The van der Waals surface area contributed by atoms with Crippen LogP contribution >= 0.6 is 0 Å². The molecule has 0 radical (unpaired) electrons. The first-order chi connectivity index (χ1) is 13.5. The van der Waals surface area contributed by atoms with Gasteiger partial charge in [0.05, 0.1) is 30.0 Å². The highest BCUT2D eigenvalue weighted by Gasteiger charge is 2.51. The van der Waals surface area contributed by atoms with Crippen LogP contribution in [0.5, 0.6) is 0 Å². The van der Waals surface area contributed by atoms with E-state index in [0.717, 1.165) is 0 Å². The van der Waals surface area contributed by atoms with Crippen LogP contribution in [0, 0.1) is 0 Å². The normalized spacial score (nSPS) is 31.1. The topological polar surface area (TPSA) is 102 Å². The molecule has 3 fully saturated rings. The zero-order valence-corrected chi connectivity index (χ0v) is 18.6. The number of rotatable bonds is 3. The maximum Gasteiger partial charge on any atom is 0.410 e. The molecular weight excluding hydrogens is 396 g/mol. The molecule has 3 rings (SSSR count). The standard InChI is InChI=1S/C20H34N2O6S/c1-19(2,3)28-18(24)22-12-4-10-20(11-5-13-29(25,26)21-20)17(22)14-27-16-8-6-15(23)7-9-16/h16-17,21H,4-14H2,1-3H3. The molecule has 8 nitrogen and oxygen atoms in total. The van der Waals surface area contributed by atoms with Crippen molar-refractivity contribution in [2.24, 2.45) is 0 Å². The third kappa shape index (κ3) is 5.70. The molecule has 2 unspecified atom stereocenters. The molecule has 1 aliphatic carbocycles. The van der Waals surface area contributed by atoms with Gasteiger partial charge in [-0.3, -0.25) is 4.79 Å². The summed E-state index contributed by atoms with van der Waals surface area (Å²) in [4.78, 5) is 26.1. The number of Topliss-reactive ketones (excluding diaryl/α,β-unsaturated/α-hetero) is 1. The number of ketones is 1. The van der Waals surface area contributed by atoms with Gasteiger partial charge in [-0.05, 0) is 59.3 Å². The Labute approximate surface area is 173 Å². The maximum atomic E-state index is 12.9. The van der Waals surface area contributed by atoms with Gasteiger partial charge in [0.15, 0.2) is 0 Å². The lowest BCUT2D eigenvalue weighted by molar-refractivity contribution is -0.123. The number of likely N-dealkylation sites (tertiary alicyclic amines) is 1. The van der Waals surface area contributed by atoms with E-state index in [1.54, 1.807) is 4.90 Å². The maximum absolute atomic E-state index is 12.9. The van der Waals surface area contributed by atoms with Crippen molar-refractivity contribution in [1.29, 1.82) is 0 Å². The summed E-state index contributed by atoms with van der Waals surface area (Å²) in [7, 11) is -3.39. The molecule has 2 atom stereocenters. The highest BCUT2D eigenvalue weighted by molar-refractivity contribution is 7.89. The van der Waals surface area contributed by atoms with Gasteiger partial charge in [0.25, 0.3) is 0 Å². The molecule has 1 N–H and O–H groups in total. The van der Waals surface area contributed by atoms with Crippen LogP contribution in [0.1, 0.15) is 72.1 Å². The molecule has 1 saturated carbocycles. The molecule has 2 saturated heterocycles. The fourth-order valence-corrected chi connectivity index (χ4v) is 6.27. The summed E-state index contributed by atoms with van der Waals surface area (Å²) in [5.41, 5.74) is -1.36. The van der Waals surface area contributed by atoms with Crippen molar-refractivity contribution in [3.8, 4) is 0 Å². The van der Waals surface area contributed by atoms with E-state index in [9.17, 15) is 18.0 Å².